The van der Waals surface area contributed by atoms with Gasteiger partial charge in [-0.25, -0.2) is 0 Å². The van der Waals surface area contributed by atoms with Crippen molar-refractivity contribution in [3.63, 3.8) is 0 Å². The van der Waals surface area contributed by atoms with E-state index in [0.717, 1.165) is 0 Å². The fraction of sp³-hybridized carbons (Fsp3) is 0.800. The minimum atomic E-state index is -0.868. The maximum Gasteiger partial charge on any atom is 0.308 e. The Morgan fingerprint density at radius 3 is 2.80 bits per heavy atom. The third kappa shape index (κ3) is 3.97. The van der Waals surface area contributed by atoms with E-state index >= 15 is 0 Å². The van der Waals surface area contributed by atoms with Gasteiger partial charge in [-0.15, -0.1) is 0 Å². The summed E-state index contributed by atoms with van der Waals surface area (Å²) in [4.78, 5) is 22.1. The quantitative estimate of drug-likeness (QED) is 0.621. The van der Waals surface area contributed by atoms with E-state index in [1.165, 1.54) is 0 Å². The maximum atomic E-state index is 11.3. The number of hydrogen-bond donors (Lipinski definition) is 2. The second-order valence-corrected chi connectivity index (χ2v) is 3.93. The van der Waals surface area contributed by atoms with Crippen LogP contribution in [0.1, 0.15) is 32.6 Å². The zero-order chi connectivity index (χ0) is 11.4. The molecule has 2 N–H and O–H groups in total. The molecule has 1 heterocycles. The predicted molar refractivity (Wildman–Crippen MR) is 51.0 cm³/mol. The molecular formula is C10H16O5. The van der Waals surface area contributed by atoms with Gasteiger partial charge in [-0.1, -0.05) is 0 Å². The highest BCUT2D eigenvalue weighted by Crippen LogP contribution is 2.19. The molecule has 1 fully saturated rings. The predicted octanol–water partition coefficient (Wildman–Crippen LogP) is -0.217. The topological polar surface area (TPSA) is 83.8 Å². The first-order chi connectivity index (χ1) is 6.99. The fourth-order valence-corrected chi connectivity index (χ4v) is 1.47. The number of Topliss-reactive ketones (excluding diaryl/α,β-unsaturated/α-hetero) is 1. The Bertz CT molecular complexity index is 248. The molecule has 0 amide bonds. The molecule has 0 unspecified atom stereocenters. The van der Waals surface area contributed by atoms with E-state index in [0.29, 0.717) is 6.42 Å². The second-order valence-electron chi connectivity index (χ2n) is 3.93. The van der Waals surface area contributed by atoms with Gasteiger partial charge in [-0.2, -0.15) is 0 Å². The SMILES string of the molecule is C[C@@H](O)CCC(=O)C[C@@H]1OC(=O)C[C@@H]1O. The lowest BCUT2D eigenvalue weighted by Gasteiger charge is -2.12. The van der Waals surface area contributed by atoms with Crippen molar-refractivity contribution in [3.8, 4) is 0 Å². The molecule has 5 nitrogen and oxygen atoms in total. The molecule has 0 aromatic rings. The molecule has 1 aliphatic heterocycles. The molecule has 0 aliphatic carbocycles. The Labute approximate surface area is 88.0 Å². The van der Waals surface area contributed by atoms with E-state index in [1.54, 1.807) is 6.92 Å². The summed E-state index contributed by atoms with van der Waals surface area (Å²) in [6.45, 7) is 1.61. The molecule has 0 bridgehead atoms. The minimum absolute atomic E-state index is 0.0334. The van der Waals surface area contributed by atoms with Crippen LogP contribution in [0.3, 0.4) is 0 Å². The van der Waals surface area contributed by atoms with Crippen LogP contribution in [0, 0.1) is 0 Å². The van der Waals surface area contributed by atoms with Gasteiger partial charge < -0.3 is 14.9 Å². The molecule has 3 atom stereocenters. The van der Waals surface area contributed by atoms with Crippen molar-refractivity contribution in [3.05, 3.63) is 0 Å². The van der Waals surface area contributed by atoms with Gasteiger partial charge in [0.05, 0.1) is 12.5 Å². The zero-order valence-corrected chi connectivity index (χ0v) is 8.68. The van der Waals surface area contributed by atoms with Crippen molar-refractivity contribution in [2.24, 2.45) is 0 Å². The van der Waals surface area contributed by atoms with Crippen LogP contribution in [0.4, 0.5) is 0 Å². The van der Waals surface area contributed by atoms with Gasteiger partial charge in [0.1, 0.15) is 18.0 Å². The van der Waals surface area contributed by atoms with Crippen LogP contribution in [-0.2, 0) is 14.3 Å². The van der Waals surface area contributed by atoms with Gasteiger partial charge in [0.2, 0.25) is 0 Å². The summed E-state index contributed by atoms with van der Waals surface area (Å²) < 4.78 is 4.78. The van der Waals surface area contributed by atoms with E-state index in [-0.39, 0.29) is 25.0 Å². The molecule has 0 aromatic heterocycles. The smallest absolute Gasteiger partial charge is 0.308 e. The minimum Gasteiger partial charge on any atom is -0.459 e. The largest absolute Gasteiger partial charge is 0.459 e. The Balaban J connectivity index is 2.29. The van der Waals surface area contributed by atoms with Crippen LogP contribution in [0.5, 0.6) is 0 Å². The highest BCUT2D eigenvalue weighted by atomic mass is 16.6. The molecular weight excluding hydrogens is 200 g/mol. The van der Waals surface area contributed by atoms with Crippen LogP contribution >= 0.6 is 0 Å². The number of ether oxygens (including phenoxy) is 1. The number of ketones is 1. The molecule has 1 saturated heterocycles. The number of hydrogen-bond acceptors (Lipinski definition) is 5. The Kier molecular flexibility index (Phi) is 4.23. The first-order valence-corrected chi connectivity index (χ1v) is 5.06. The van der Waals surface area contributed by atoms with Gasteiger partial charge in [0.15, 0.2) is 0 Å². The van der Waals surface area contributed by atoms with Crippen LogP contribution in [0.15, 0.2) is 0 Å². The number of carbonyl (C=O) groups is 2. The van der Waals surface area contributed by atoms with Gasteiger partial charge in [-0.3, -0.25) is 9.59 Å². The van der Waals surface area contributed by atoms with E-state index < -0.39 is 24.3 Å². The van der Waals surface area contributed by atoms with Gasteiger partial charge in [0.25, 0.3) is 0 Å². The first kappa shape index (κ1) is 12.1. The van der Waals surface area contributed by atoms with Crippen molar-refractivity contribution in [2.45, 2.75) is 50.9 Å². The number of aliphatic hydroxyl groups is 2. The van der Waals surface area contributed by atoms with E-state index in [9.17, 15) is 14.7 Å². The van der Waals surface area contributed by atoms with Crippen molar-refractivity contribution in [2.75, 3.05) is 0 Å². The fourth-order valence-electron chi connectivity index (χ4n) is 1.47. The highest BCUT2D eigenvalue weighted by molar-refractivity contribution is 5.80. The maximum absolute atomic E-state index is 11.3. The lowest BCUT2D eigenvalue weighted by molar-refractivity contribution is -0.142. The molecule has 0 spiro atoms. The summed E-state index contributed by atoms with van der Waals surface area (Å²) in [5, 5.41) is 18.3. The second kappa shape index (κ2) is 5.23. The number of carbonyl (C=O) groups excluding carboxylic acids is 2. The van der Waals surface area contributed by atoms with Crippen molar-refractivity contribution in [1.29, 1.82) is 0 Å². The molecule has 15 heavy (non-hydrogen) atoms. The average molecular weight is 216 g/mol. The van der Waals surface area contributed by atoms with Crippen LogP contribution < -0.4 is 0 Å². The lowest BCUT2D eigenvalue weighted by Crippen LogP contribution is -2.24. The molecule has 1 aliphatic rings. The average Bonchev–Trinajstić information content (AvgIpc) is 2.42. The normalized spacial score (nSPS) is 27.5. The molecule has 0 radical (unpaired) electrons. The van der Waals surface area contributed by atoms with Gasteiger partial charge >= 0.3 is 5.97 Å². The standard InChI is InChI=1S/C10H16O5/c1-6(11)2-3-7(12)4-9-8(13)5-10(14)15-9/h6,8-9,11,13H,2-5H2,1H3/t6-,8+,9+/m1/s1. The van der Waals surface area contributed by atoms with E-state index in [1.807, 2.05) is 0 Å². The third-order valence-electron chi connectivity index (χ3n) is 2.36. The summed E-state index contributed by atoms with van der Waals surface area (Å²) in [6, 6.07) is 0. The Morgan fingerprint density at radius 1 is 1.67 bits per heavy atom. The van der Waals surface area contributed by atoms with Crippen molar-refractivity contribution < 1.29 is 24.5 Å². The molecule has 86 valence electrons. The van der Waals surface area contributed by atoms with E-state index in [2.05, 4.69) is 0 Å². The lowest BCUT2D eigenvalue weighted by atomic mass is 10.0. The molecule has 5 heteroatoms. The molecule has 0 saturated carbocycles. The first-order valence-electron chi connectivity index (χ1n) is 5.06. The number of rotatable bonds is 5. The molecule has 1 rings (SSSR count). The summed E-state index contributed by atoms with van der Waals surface area (Å²) in [7, 11) is 0. The Hall–Kier alpha value is -0.940. The van der Waals surface area contributed by atoms with Crippen molar-refractivity contribution in [1.82, 2.24) is 0 Å². The number of esters is 1. The van der Waals surface area contributed by atoms with Gasteiger partial charge in [0, 0.05) is 12.8 Å². The van der Waals surface area contributed by atoms with Crippen LogP contribution in [0.25, 0.3) is 0 Å². The third-order valence-corrected chi connectivity index (χ3v) is 2.36. The van der Waals surface area contributed by atoms with Gasteiger partial charge in [-0.05, 0) is 13.3 Å². The van der Waals surface area contributed by atoms with Crippen molar-refractivity contribution >= 4 is 11.8 Å². The van der Waals surface area contributed by atoms with Crippen LogP contribution in [0.2, 0.25) is 0 Å². The summed E-state index contributed by atoms with van der Waals surface area (Å²) >= 11 is 0. The highest BCUT2D eigenvalue weighted by Gasteiger charge is 2.34. The molecule has 0 aromatic carbocycles. The monoisotopic (exact) mass is 216 g/mol. The summed E-state index contributed by atoms with van der Waals surface area (Å²) in [5.74, 6) is -0.564. The Morgan fingerprint density at radius 2 is 2.33 bits per heavy atom. The summed E-state index contributed by atoms with van der Waals surface area (Å²) in [5.41, 5.74) is 0. The zero-order valence-electron chi connectivity index (χ0n) is 8.68. The van der Waals surface area contributed by atoms with Crippen LogP contribution in [-0.4, -0.2) is 40.3 Å². The number of aliphatic hydroxyl groups excluding tert-OH is 2. The van der Waals surface area contributed by atoms with E-state index in [4.69, 9.17) is 9.84 Å². The summed E-state index contributed by atoms with van der Waals surface area (Å²) in [6.07, 6.45) is -1.42. The number of cyclic esters (lactones) is 1.